The Kier molecular flexibility index (Phi) is 7.17. The van der Waals surface area contributed by atoms with Crippen LogP contribution < -0.4 is 5.32 Å². The lowest BCUT2D eigenvalue weighted by Gasteiger charge is -2.22. The molecule has 3 N–H and O–H groups in total. The molecule has 0 radical (unpaired) electrons. The first-order valence-electron chi connectivity index (χ1n) is 11.6. The van der Waals surface area contributed by atoms with Gasteiger partial charge in [-0.15, -0.1) is 0 Å². The van der Waals surface area contributed by atoms with Gasteiger partial charge in [0, 0.05) is 31.8 Å². The smallest absolute Gasteiger partial charge is 0.407 e. The summed E-state index contributed by atoms with van der Waals surface area (Å²) in [6.07, 6.45) is -0.614. The number of β-amino-alcohol motifs (C(OH)–C–C–N with tert-alkyl or cyclic N) is 1. The van der Waals surface area contributed by atoms with Crippen LogP contribution in [0, 0.1) is 5.92 Å². The van der Waals surface area contributed by atoms with Gasteiger partial charge in [0.15, 0.2) is 0 Å². The molecule has 0 saturated carbocycles. The lowest BCUT2D eigenvalue weighted by atomic mass is 9.98. The van der Waals surface area contributed by atoms with Gasteiger partial charge in [0.25, 0.3) is 0 Å². The van der Waals surface area contributed by atoms with Crippen molar-refractivity contribution in [2.75, 3.05) is 19.7 Å². The van der Waals surface area contributed by atoms with Crippen LogP contribution in [0.25, 0.3) is 11.1 Å². The van der Waals surface area contributed by atoms with E-state index >= 15 is 0 Å². The first-order chi connectivity index (χ1) is 16.3. The second-order valence-electron chi connectivity index (χ2n) is 9.14. The molecule has 2 aliphatic rings. The largest absolute Gasteiger partial charge is 0.480 e. The van der Waals surface area contributed by atoms with Crippen molar-refractivity contribution in [3.05, 3.63) is 59.7 Å². The molecule has 1 aliphatic carbocycles. The zero-order valence-corrected chi connectivity index (χ0v) is 19.1. The molecule has 2 aromatic carbocycles. The maximum atomic E-state index is 12.4. The number of hydrogen-bond donors (Lipinski definition) is 3. The number of alkyl carbamates (subject to hydrolysis) is 1. The van der Waals surface area contributed by atoms with Gasteiger partial charge >= 0.3 is 12.1 Å². The van der Waals surface area contributed by atoms with Crippen molar-refractivity contribution in [1.29, 1.82) is 0 Å². The number of carbonyl (C=O) groups excluding carboxylic acids is 2. The number of benzene rings is 2. The molecular formula is C26H30N2O6. The first-order valence-corrected chi connectivity index (χ1v) is 11.6. The van der Waals surface area contributed by atoms with Gasteiger partial charge in [0.05, 0.1) is 6.10 Å². The fourth-order valence-electron chi connectivity index (χ4n) is 4.85. The zero-order valence-electron chi connectivity index (χ0n) is 19.1. The Balaban J connectivity index is 1.23. The minimum absolute atomic E-state index is 0.000220. The quantitative estimate of drug-likeness (QED) is 0.551. The molecule has 3 atom stereocenters. The van der Waals surface area contributed by atoms with Crippen molar-refractivity contribution < 1.29 is 29.3 Å². The molecular weight excluding hydrogens is 436 g/mol. The number of aliphatic carboxylic acids is 1. The molecule has 0 spiro atoms. The van der Waals surface area contributed by atoms with Crippen LogP contribution in [0.3, 0.4) is 0 Å². The number of amides is 2. The predicted octanol–water partition coefficient (Wildman–Crippen LogP) is 2.99. The third-order valence-electron chi connectivity index (χ3n) is 6.67. The van der Waals surface area contributed by atoms with Crippen LogP contribution >= 0.6 is 0 Å². The number of rotatable bonds is 8. The summed E-state index contributed by atoms with van der Waals surface area (Å²) in [7, 11) is 0. The van der Waals surface area contributed by atoms with Crippen LogP contribution in [0.5, 0.6) is 0 Å². The molecule has 1 saturated heterocycles. The molecule has 0 bridgehead atoms. The van der Waals surface area contributed by atoms with Crippen molar-refractivity contribution in [3.63, 3.8) is 0 Å². The molecule has 0 aromatic heterocycles. The molecule has 8 heteroatoms. The van der Waals surface area contributed by atoms with E-state index in [1.54, 1.807) is 0 Å². The Bertz CT molecular complexity index is 1030. The summed E-state index contributed by atoms with van der Waals surface area (Å²) in [5, 5.41) is 21.7. The summed E-state index contributed by atoms with van der Waals surface area (Å²) >= 11 is 0. The van der Waals surface area contributed by atoms with Crippen LogP contribution in [0.1, 0.15) is 43.2 Å². The molecule has 34 heavy (non-hydrogen) atoms. The fourth-order valence-corrected chi connectivity index (χ4v) is 4.85. The Morgan fingerprint density at radius 3 is 2.32 bits per heavy atom. The highest BCUT2D eigenvalue weighted by Crippen LogP contribution is 2.44. The molecule has 1 aliphatic heterocycles. The number of hydrogen-bond acceptors (Lipinski definition) is 5. The van der Waals surface area contributed by atoms with E-state index in [1.165, 1.54) is 16.0 Å². The number of carboxylic acid groups (broad SMARTS) is 1. The van der Waals surface area contributed by atoms with E-state index in [1.807, 2.05) is 31.2 Å². The lowest BCUT2D eigenvalue weighted by Crippen LogP contribution is -2.40. The molecule has 2 amide bonds. The van der Waals surface area contributed by atoms with E-state index in [0.717, 1.165) is 11.1 Å². The van der Waals surface area contributed by atoms with Gasteiger partial charge in [-0.25, -0.2) is 9.59 Å². The summed E-state index contributed by atoms with van der Waals surface area (Å²) in [5.74, 6) is -1.40. The Labute approximate surface area is 198 Å². The molecule has 180 valence electrons. The molecule has 4 rings (SSSR count). The summed E-state index contributed by atoms with van der Waals surface area (Å²) in [5.41, 5.74) is 4.63. The van der Waals surface area contributed by atoms with Gasteiger partial charge in [-0.1, -0.05) is 55.5 Å². The highest BCUT2D eigenvalue weighted by Gasteiger charge is 2.38. The summed E-state index contributed by atoms with van der Waals surface area (Å²) < 4.78 is 5.53. The third kappa shape index (κ3) is 5.07. The predicted molar refractivity (Wildman–Crippen MR) is 125 cm³/mol. The third-order valence-corrected chi connectivity index (χ3v) is 6.67. The summed E-state index contributed by atoms with van der Waals surface area (Å²) in [6, 6.07) is 15.3. The standard InChI is InChI=1S/C26H30N2O6/c1-16(10-11-24(30)28-14-17(29)12-23(28)25(31)32)13-27-26(33)34-15-22-20-8-4-2-6-18(20)19-7-3-5-9-21(19)22/h2-9,16-17,22-23,29H,10-15H2,1H3,(H,27,33)(H,31,32)/t16?,17-,23-/m0/s1. The Hall–Kier alpha value is -3.39. The molecule has 2 aromatic rings. The maximum Gasteiger partial charge on any atom is 0.407 e. The van der Waals surface area contributed by atoms with Crippen molar-refractivity contribution in [1.82, 2.24) is 10.2 Å². The van der Waals surface area contributed by atoms with Gasteiger partial charge in [-0.05, 0) is 34.6 Å². The van der Waals surface area contributed by atoms with Crippen LogP contribution in [0.4, 0.5) is 4.79 Å². The van der Waals surface area contributed by atoms with Gasteiger partial charge in [0.2, 0.25) is 5.91 Å². The van der Waals surface area contributed by atoms with Gasteiger partial charge in [0.1, 0.15) is 12.6 Å². The van der Waals surface area contributed by atoms with Gasteiger partial charge in [-0.2, -0.15) is 0 Å². The monoisotopic (exact) mass is 466 g/mol. The average Bonchev–Trinajstić information content (AvgIpc) is 3.38. The second kappa shape index (κ2) is 10.3. The number of ether oxygens (including phenoxy) is 1. The van der Waals surface area contributed by atoms with E-state index in [-0.39, 0.29) is 43.7 Å². The summed E-state index contributed by atoms with van der Waals surface area (Å²) in [4.78, 5) is 37.3. The number of aliphatic hydroxyl groups excluding tert-OH is 1. The topological polar surface area (TPSA) is 116 Å². The highest BCUT2D eigenvalue weighted by atomic mass is 16.5. The first kappa shape index (κ1) is 23.8. The normalized spacial score (nSPS) is 19.9. The van der Waals surface area contributed by atoms with E-state index in [4.69, 9.17) is 4.74 Å². The average molecular weight is 467 g/mol. The van der Waals surface area contributed by atoms with E-state index < -0.39 is 24.2 Å². The van der Waals surface area contributed by atoms with Crippen LogP contribution in [-0.2, 0) is 14.3 Å². The van der Waals surface area contributed by atoms with Crippen LogP contribution in [-0.4, -0.2) is 64.9 Å². The molecule has 8 nitrogen and oxygen atoms in total. The minimum Gasteiger partial charge on any atom is -0.480 e. The number of likely N-dealkylation sites (tertiary alicyclic amines) is 1. The number of nitrogens with one attached hydrogen (secondary N) is 1. The Morgan fingerprint density at radius 1 is 1.09 bits per heavy atom. The number of nitrogens with zero attached hydrogens (tertiary/aromatic N) is 1. The van der Waals surface area contributed by atoms with Gasteiger partial charge in [-0.3, -0.25) is 4.79 Å². The summed E-state index contributed by atoms with van der Waals surface area (Å²) in [6.45, 7) is 2.53. The molecule has 1 unspecified atom stereocenters. The van der Waals surface area contributed by atoms with Crippen molar-refractivity contribution in [2.45, 2.75) is 44.2 Å². The van der Waals surface area contributed by atoms with E-state index in [2.05, 4.69) is 29.6 Å². The number of aliphatic hydroxyl groups is 1. The maximum absolute atomic E-state index is 12.4. The van der Waals surface area contributed by atoms with Crippen molar-refractivity contribution in [2.24, 2.45) is 5.92 Å². The van der Waals surface area contributed by atoms with Crippen molar-refractivity contribution >= 4 is 18.0 Å². The SMILES string of the molecule is CC(CCC(=O)N1C[C@@H](O)C[C@H]1C(=O)O)CNC(=O)OCC1c2ccccc2-c2ccccc21. The molecule has 1 heterocycles. The van der Waals surface area contributed by atoms with Crippen molar-refractivity contribution in [3.8, 4) is 11.1 Å². The second-order valence-corrected chi connectivity index (χ2v) is 9.14. The fraction of sp³-hybridized carbons (Fsp3) is 0.423. The van der Waals surface area contributed by atoms with Gasteiger partial charge < -0.3 is 25.2 Å². The van der Waals surface area contributed by atoms with Crippen LogP contribution in [0.15, 0.2) is 48.5 Å². The minimum atomic E-state index is -1.10. The van der Waals surface area contributed by atoms with E-state index in [0.29, 0.717) is 13.0 Å². The number of carboxylic acids is 1. The number of carbonyl (C=O) groups is 3. The number of fused-ring (bicyclic) bond motifs is 3. The Morgan fingerprint density at radius 2 is 1.71 bits per heavy atom. The molecule has 1 fully saturated rings. The lowest BCUT2D eigenvalue weighted by molar-refractivity contribution is -0.148. The van der Waals surface area contributed by atoms with Crippen LogP contribution in [0.2, 0.25) is 0 Å². The van der Waals surface area contributed by atoms with E-state index in [9.17, 15) is 24.6 Å². The highest BCUT2D eigenvalue weighted by molar-refractivity contribution is 5.84. The zero-order chi connectivity index (χ0) is 24.2.